The summed E-state index contributed by atoms with van der Waals surface area (Å²) in [6.07, 6.45) is 24.1. The van der Waals surface area contributed by atoms with Crippen molar-refractivity contribution in [3.8, 4) is 0 Å². The van der Waals surface area contributed by atoms with Gasteiger partial charge in [-0.1, -0.05) is 63.3 Å². The molecule has 0 aliphatic carbocycles. The second-order valence-electron chi connectivity index (χ2n) is 9.18. The predicted molar refractivity (Wildman–Crippen MR) is 150 cm³/mol. The number of unbranched alkanes of at least 4 members (excludes halogenated alkanes) is 8. The second-order valence-corrected chi connectivity index (χ2v) is 10.8. The van der Waals surface area contributed by atoms with Gasteiger partial charge in [0.1, 0.15) is 11.9 Å². The van der Waals surface area contributed by atoms with Gasteiger partial charge in [-0.25, -0.2) is 9.78 Å². The Labute approximate surface area is 225 Å². The van der Waals surface area contributed by atoms with E-state index in [9.17, 15) is 9.36 Å². The highest BCUT2D eigenvalue weighted by atomic mass is 31.2. The predicted octanol–water partition coefficient (Wildman–Crippen LogP) is 5.52. The van der Waals surface area contributed by atoms with Crippen LogP contribution in [0.15, 0.2) is 36.8 Å². The molecule has 0 spiro atoms. The quantitative estimate of drug-likeness (QED) is 0.0955. The second kappa shape index (κ2) is 18.6. The van der Waals surface area contributed by atoms with Crippen molar-refractivity contribution in [3.05, 3.63) is 36.8 Å². The molecule has 0 saturated heterocycles. The fraction of sp³-hybridized carbons (Fsp3) is 0.615. The van der Waals surface area contributed by atoms with E-state index < -0.39 is 13.9 Å². The first-order valence-corrected chi connectivity index (χ1v) is 15.3. The number of fused-ring (bicyclic) bond motifs is 1. The van der Waals surface area contributed by atoms with Crippen LogP contribution in [0.1, 0.15) is 77.6 Å². The van der Waals surface area contributed by atoms with Gasteiger partial charge in [0.25, 0.3) is 0 Å². The third kappa shape index (κ3) is 13.8. The molecule has 0 fully saturated rings. The number of amides is 2. The number of imidazole rings is 1. The Morgan fingerprint density at radius 2 is 1.76 bits per heavy atom. The molecule has 12 heteroatoms. The van der Waals surface area contributed by atoms with Gasteiger partial charge in [-0.2, -0.15) is 5.10 Å². The number of nitrogens with zero attached hydrogens (tertiary/aromatic N) is 4. The number of aromatic nitrogens is 4. The molecule has 0 saturated carbocycles. The van der Waals surface area contributed by atoms with Crippen LogP contribution >= 0.6 is 7.60 Å². The number of allylic oxidation sites excluding steroid dienone is 4. The highest BCUT2D eigenvalue weighted by Gasteiger charge is 2.14. The number of hydrogen-bond acceptors (Lipinski definition) is 6. The van der Waals surface area contributed by atoms with E-state index in [-0.39, 0.29) is 19.2 Å². The summed E-state index contributed by atoms with van der Waals surface area (Å²) in [6.45, 7) is 3.17. The van der Waals surface area contributed by atoms with Gasteiger partial charge in [0, 0.05) is 13.1 Å². The smallest absolute Gasteiger partial charge is 0.350 e. The van der Waals surface area contributed by atoms with Crippen LogP contribution in [0.2, 0.25) is 0 Å². The molecule has 0 aliphatic heterocycles. The van der Waals surface area contributed by atoms with E-state index in [2.05, 4.69) is 57.0 Å². The Balaban J connectivity index is 1.56. The van der Waals surface area contributed by atoms with E-state index in [1.807, 2.05) is 0 Å². The standard InChI is InChI=1S/C26H43N6O5P/c1-2-3-4-5-6-7-8-9-10-11-12-13-14-15-16-17-27-26(33)30-23-20-29-31-25-24(23)28-21-32(25)18-19-37-22-38(34,35)36/h6-7,9-10,20-21H,2-5,8,11-19,22H2,1H3,(H2,34,35,36)(H2,27,30,31,33). The molecular weight excluding hydrogens is 507 g/mol. The van der Waals surface area contributed by atoms with Gasteiger partial charge in [-0.3, -0.25) is 4.57 Å². The van der Waals surface area contributed by atoms with Gasteiger partial charge >= 0.3 is 13.6 Å². The molecular formula is C26H43N6O5P. The summed E-state index contributed by atoms with van der Waals surface area (Å²) in [5, 5.41) is 13.6. The average Bonchev–Trinajstić information content (AvgIpc) is 3.30. The molecule has 38 heavy (non-hydrogen) atoms. The molecule has 2 aromatic rings. The summed E-state index contributed by atoms with van der Waals surface area (Å²) in [5.41, 5.74) is 1.35. The fourth-order valence-corrected chi connectivity index (χ4v) is 4.15. The minimum atomic E-state index is -4.21. The lowest BCUT2D eigenvalue weighted by Gasteiger charge is -2.08. The first-order chi connectivity index (χ1) is 18.4. The highest BCUT2D eigenvalue weighted by molar-refractivity contribution is 7.51. The van der Waals surface area contributed by atoms with Crippen molar-refractivity contribution in [1.82, 2.24) is 25.1 Å². The molecule has 2 amide bonds. The number of ether oxygens (including phenoxy) is 1. The normalized spacial score (nSPS) is 12.2. The van der Waals surface area contributed by atoms with E-state index in [1.165, 1.54) is 51.0 Å². The van der Waals surface area contributed by atoms with Crippen LogP contribution in [0.4, 0.5) is 10.5 Å². The Morgan fingerprint density at radius 1 is 1.05 bits per heavy atom. The number of carbonyl (C=O) groups is 1. The van der Waals surface area contributed by atoms with Crippen LogP contribution < -0.4 is 10.6 Å². The first kappa shape index (κ1) is 31.6. The zero-order chi connectivity index (χ0) is 27.5. The molecule has 0 radical (unpaired) electrons. The summed E-state index contributed by atoms with van der Waals surface area (Å²) >= 11 is 0. The zero-order valence-corrected chi connectivity index (χ0v) is 23.3. The van der Waals surface area contributed by atoms with Crippen molar-refractivity contribution in [1.29, 1.82) is 0 Å². The number of hydrogen-bond donors (Lipinski definition) is 4. The van der Waals surface area contributed by atoms with Crippen LogP contribution in [0.25, 0.3) is 11.2 Å². The monoisotopic (exact) mass is 550 g/mol. The van der Waals surface area contributed by atoms with Crippen LogP contribution in [-0.4, -0.2) is 55.1 Å². The Bertz CT molecular complexity index is 1050. The van der Waals surface area contributed by atoms with Crippen LogP contribution in [0.3, 0.4) is 0 Å². The van der Waals surface area contributed by atoms with E-state index in [0.717, 1.165) is 32.1 Å². The summed E-state index contributed by atoms with van der Waals surface area (Å²) in [7, 11) is -4.21. The van der Waals surface area contributed by atoms with Gasteiger partial charge in [0.15, 0.2) is 5.65 Å². The number of anilines is 1. The summed E-state index contributed by atoms with van der Waals surface area (Å²) in [5.74, 6) is 0. The molecule has 0 unspecified atom stereocenters. The molecule has 2 rings (SSSR count). The fourth-order valence-electron chi connectivity index (χ4n) is 3.78. The highest BCUT2D eigenvalue weighted by Crippen LogP contribution is 2.33. The molecule has 2 aromatic heterocycles. The molecule has 0 atom stereocenters. The third-order valence-electron chi connectivity index (χ3n) is 5.80. The van der Waals surface area contributed by atoms with Crippen molar-refractivity contribution in [3.63, 3.8) is 0 Å². The van der Waals surface area contributed by atoms with Crippen LogP contribution in [0.5, 0.6) is 0 Å². The Hall–Kier alpha value is -2.59. The molecule has 212 valence electrons. The molecule has 11 nitrogen and oxygen atoms in total. The van der Waals surface area contributed by atoms with E-state index >= 15 is 0 Å². The van der Waals surface area contributed by atoms with Crippen molar-refractivity contribution in [2.45, 2.75) is 84.1 Å². The van der Waals surface area contributed by atoms with Gasteiger partial charge in [-0.05, 0) is 38.5 Å². The lowest BCUT2D eigenvalue weighted by Crippen LogP contribution is -2.29. The Kier molecular flexibility index (Phi) is 15.5. The zero-order valence-electron chi connectivity index (χ0n) is 22.4. The van der Waals surface area contributed by atoms with Crippen LogP contribution in [-0.2, 0) is 15.8 Å². The maximum absolute atomic E-state index is 12.3. The molecule has 0 aliphatic rings. The average molecular weight is 551 g/mol. The molecule has 0 aromatic carbocycles. The van der Waals surface area contributed by atoms with Crippen molar-refractivity contribution < 1.29 is 23.9 Å². The summed E-state index contributed by atoms with van der Waals surface area (Å²) < 4.78 is 17.5. The largest absolute Gasteiger partial charge is 0.367 e. The van der Waals surface area contributed by atoms with Gasteiger partial charge < -0.3 is 29.7 Å². The molecule has 0 bridgehead atoms. The number of nitrogens with one attached hydrogen (secondary N) is 2. The van der Waals surface area contributed by atoms with E-state index in [0.29, 0.717) is 23.4 Å². The summed E-state index contributed by atoms with van der Waals surface area (Å²) in [4.78, 5) is 34.3. The maximum Gasteiger partial charge on any atom is 0.350 e. The van der Waals surface area contributed by atoms with Crippen molar-refractivity contribution in [2.24, 2.45) is 0 Å². The maximum atomic E-state index is 12.3. The topological polar surface area (TPSA) is 151 Å². The summed E-state index contributed by atoms with van der Waals surface area (Å²) in [6, 6.07) is -0.330. The van der Waals surface area contributed by atoms with E-state index in [1.54, 1.807) is 4.57 Å². The molecule has 2 heterocycles. The minimum absolute atomic E-state index is 0.0734. The lowest BCUT2D eigenvalue weighted by atomic mass is 10.1. The van der Waals surface area contributed by atoms with Crippen molar-refractivity contribution in [2.75, 3.05) is 24.8 Å². The van der Waals surface area contributed by atoms with Crippen LogP contribution in [0, 0.1) is 0 Å². The first-order valence-electron chi connectivity index (χ1n) is 13.5. The van der Waals surface area contributed by atoms with Gasteiger partial charge in [0.05, 0.1) is 24.8 Å². The third-order valence-corrected chi connectivity index (χ3v) is 6.32. The SMILES string of the molecule is CCCCCC=CCC=CCCCCCCCNC(=O)Nc1cnnc2c1ncn2CCOCP(=O)(O)O. The number of carbonyl (C=O) groups excluding carboxylic acids is 1. The van der Waals surface area contributed by atoms with Crippen molar-refractivity contribution >= 4 is 30.5 Å². The molecule has 4 N–H and O–H groups in total. The van der Waals surface area contributed by atoms with E-state index in [4.69, 9.17) is 14.5 Å². The minimum Gasteiger partial charge on any atom is -0.367 e. The van der Waals surface area contributed by atoms with Gasteiger partial charge in [-0.15, -0.1) is 5.10 Å². The number of urea groups is 1. The Morgan fingerprint density at radius 3 is 2.50 bits per heavy atom. The number of rotatable bonds is 20. The van der Waals surface area contributed by atoms with Gasteiger partial charge in [0.2, 0.25) is 0 Å². The lowest BCUT2D eigenvalue weighted by molar-refractivity contribution is 0.149.